The van der Waals surface area contributed by atoms with Crippen molar-refractivity contribution in [1.82, 2.24) is 25.2 Å². The van der Waals surface area contributed by atoms with E-state index < -0.39 is 4.92 Å². The zero-order valence-electron chi connectivity index (χ0n) is 17.4. The van der Waals surface area contributed by atoms with Gasteiger partial charge < -0.3 is 0 Å². The maximum atomic E-state index is 12.3. The number of non-ortho nitro benzene ring substituents is 1. The van der Waals surface area contributed by atoms with Crippen LogP contribution in [0.3, 0.4) is 0 Å². The minimum Gasteiger partial charge on any atom is -0.272 e. The molecule has 1 N–H and O–H groups in total. The van der Waals surface area contributed by atoms with Crippen molar-refractivity contribution in [3.63, 3.8) is 0 Å². The van der Waals surface area contributed by atoms with Crippen LogP contribution in [0.15, 0.2) is 87.8 Å². The molecule has 4 aromatic rings. The third-order valence-corrected chi connectivity index (χ3v) is 5.95. The third-order valence-electron chi connectivity index (χ3n) is 4.50. The lowest BCUT2D eigenvalue weighted by molar-refractivity contribution is -0.384. The lowest BCUT2D eigenvalue weighted by Crippen LogP contribution is -2.20. The van der Waals surface area contributed by atoms with Crippen molar-refractivity contribution in [2.24, 2.45) is 5.10 Å². The summed E-state index contributed by atoms with van der Waals surface area (Å²) in [5.41, 5.74) is 4.74. The van der Waals surface area contributed by atoms with E-state index >= 15 is 0 Å². The van der Waals surface area contributed by atoms with Gasteiger partial charge in [0.25, 0.3) is 11.6 Å². The fourth-order valence-electron chi connectivity index (χ4n) is 2.90. The summed E-state index contributed by atoms with van der Waals surface area (Å²) in [6, 6.07) is 17.2. The average Bonchev–Trinajstić information content (AvgIpc) is 3.28. The van der Waals surface area contributed by atoms with Gasteiger partial charge in [0.2, 0.25) is 0 Å². The largest absolute Gasteiger partial charge is 0.272 e. The number of aromatic nitrogens is 4. The maximum Gasteiger partial charge on any atom is 0.269 e. The van der Waals surface area contributed by atoms with Gasteiger partial charge in [-0.1, -0.05) is 27.7 Å². The number of nitrogens with one attached hydrogen (secondary N) is 1. The number of thioether (sulfide) groups is 1. The molecule has 34 heavy (non-hydrogen) atoms. The third kappa shape index (κ3) is 5.71. The van der Waals surface area contributed by atoms with Gasteiger partial charge in [-0.15, -0.1) is 10.2 Å². The number of halogens is 1. The van der Waals surface area contributed by atoms with Crippen molar-refractivity contribution in [3.05, 3.63) is 93.2 Å². The molecule has 2 aromatic heterocycles. The molecule has 0 aliphatic heterocycles. The number of nitro benzene ring substituents is 1. The molecular formula is C22H16BrN7O3S. The maximum absolute atomic E-state index is 12.3. The second-order valence-corrected chi connectivity index (χ2v) is 8.64. The summed E-state index contributed by atoms with van der Waals surface area (Å²) in [5, 5.41) is 23.8. The van der Waals surface area contributed by atoms with Crippen molar-refractivity contribution >= 4 is 45.5 Å². The highest BCUT2D eigenvalue weighted by atomic mass is 79.9. The first kappa shape index (κ1) is 23.3. The molecule has 0 atom stereocenters. The minimum absolute atomic E-state index is 0.0152. The van der Waals surface area contributed by atoms with Gasteiger partial charge in [0.1, 0.15) is 0 Å². The Bertz CT molecular complexity index is 1330. The van der Waals surface area contributed by atoms with E-state index in [0.29, 0.717) is 16.5 Å². The van der Waals surface area contributed by atoms with E-state index in [9.17, 15) is 14.9 Å². The van der Waals surface area contributed by atoms with E-state index in [2.05, 4.69) is 41.6 Å². The molecule has 0 unspecified atom stereocenters. The highest BCUT2D eigenvalue weighted by molar-refractivity contribution is 9.10. The topological polar surface area (TPSA) is 128 Å². The Morgan fingerprint density at radius 1 is 1.09 bits per heavy atom. The summed E-state index contributed by atoms with van der Waals surface area (Å²) < 4.78 is 2.81. The van der Waals surface area contributed by atoms with Gasteiger partial charge in [-0.2, -0.15) is 5.10 Å². The molecule has 12 heteroatoms. The number of hydrogen-bond donors (Lipinski definition) is 1. The molecule has 0 aliphatic rings. The van der Waals surface area contributed by atoms with E-state index in [1.165, 1.54) is 30.1 Å². The average molecular weight is 538 g/mol. The van der Waals surface area contributed by atoms with Crippen LogP contribution in [0.1, 0.15) is 5.56 Å². The number of pyridine rings is 1. The molecule has 4 rings (SSSR count). The number of nitro groups is 1. The molecule has 1 amide bonds. The van der Waals surface area contributed by atoms with Crippen molar-refractivity contribution in [2.75, 3.05) is 5.75 Å². The molecule has 0 saturated heterocycles. The second-order valence-electron chi connectivity index (χ2n) is 6.78. The van der Waals surface area contributed by atoms with E-state index in [0.717, 1.165) is 15.7 Å². The normalized spacial score (nSPS) is 11.0. The van der Waals surface area contributed by atoms with Crippen molar-refractivity contribution in [3.8, 4) is 17.1 Å². The first-order valence-electron chi connectivity index (χ1n) is 9.82. The lowest BCUT2D eigenvalue weighted by Gasteiger charge is -2.10. The standard InChI is InChI=1S/C22H16BrN7O3S/c23-17-3-7-18(8-4-17)29-21(16-9-11-24-12-10-16)27-28-22(29)34-14-20(31)26-25-13-15-1-5-19(6-2-15)30(32)33/h1-13H,14H2,(H,26,31)/b25-13+. The fourth-order valence-corrected chi connectivity index (χ4v) is 3.91. The number of benzene rings is 2. The molecule has 0 saturated carbocycles. The van der Waals surface area contributed by atoms with Crippen LogP contribution in [0.4, 0.5) is 5.69 Å². The first-order valence-corrected chi connectivity index (χ1v) is 11.6. The van der Waals surface area contributed by atoms with Crippen LogP contribution in [0, 0.1) is 10.1 Å². The van der Waals surface area contributed by atoms with Gasteiger partial charge in [0, 0.05) is 40.2 Å². The highest BCUT2D eigenvalue weighted by Crippen LogP contribution is 2.28. The highest BCUT2D eigenvalue weighted by Gasteiger charge is 2.17. The predicted octanol–water partition coefficient (Wildman–Crippen LogP) is 4.24. The summed E-state index contributed by atoms with van der Waals surface area (Å²) in [4.78, 5) is 26.6. The van der Waals surface area contributed by atoms with Crippen LogP contribution in [-0.2, 0) is 4.79 Å². The Labute approximate surface area is 206 Å². The molecule has 2 heterocycles. The molecule has 2 aromatic carbocycles. The summed E-state index contributed by atoms with van der Waals surface area (Å²) in [6.45, 7) is 0. The molecule has 0 fully saturated rings. The molecule has 0 bridgehead atoms. The summed E-state index contributed by atoms with van der Waals surface area (Å²) in [5.74, 6) is 0.352. The smallest absolute Gasteiger partial charge is 0.269 e. The lowest BCUT2D eigenvalue weighted by atomic mass is 10.2. The van der Waals surface area contributed by atoms with Gasteiger partial charge in [-0.05, 0) is 54.1 Å². The van der Waals surface area contributed by atoms with E-state index in [1.807, 2.05) is 41.0 Å². The first-order chi connectivity index (χ1) is 16.5. The number of hydrogen-bond acceptors (Lipinski definition) is 8. The van der Waals surface area contributed by atoms with Crippen LogP contribution in [-0.4, -0.2) is 42.5 Å². The van der Waals surface area contributed by atoms with Gasteiger partial charge in [-0.3, -0.25) is 24.5 Å². The zero-order valence-corrected chi connectivity index (χ0v) is 19.8. The molecule has 10 nitrogen and oxygen atoms in total. The number of nitrogens with zero attached hydrogens (tertiary/aromatic N) is 6. The Kier molecular flexibility index (Phi) is 7.40. The number of rotatable bonds is 8. The number of hydrazone groups is 1. The Morgan fingerprint density at radius 2 is 1.79 bits per heavy atom. The summed E-state index contributed by atoms with van der Waals surface area (Å²) >= 11 is 4.66. The molecule has 0 aliphatic carbocycles. The van der Waals surface area contributed by atoms with E-state index in [-0.39, 0.29) is 17.3 Å². The molecule has 0 radical (unpaired) electrons. The van der Waals surface area contributed by atoms with Crippen LogP contribution in [0.5, 0.6) is 0 Å². The van der Waals surface area contributed by atoms with Crippen molar-refractivity contribution in [2.45, 2.75) is 5.16 Å². The number of amides is 1. The molecule has 0 spiro atoms. The zero-order chi connectivity index (χ0) is 23.9. The van der Waals surface area contributed by atoms with Crippen LogP contribution >= 0.6 is 27.7 Å². The number of carbonyl (C=O) groups excluding carboxylic acids is 1. The van der Waals surface area contributed by atoms with Gasteiger partial charge in [-0.25, -0.2) is 5.43 Å². The second kappa shape index (κ2) is 10.8. The Morgan fingerprint density at radius 3 is 2.47 bits per heavy atom. The Balaban J connectivity index is 1.46. The van der Waals surface area contributed by atoms with Gasteiger partial charge in [0.15, 0.2) is 11.0 Å². The van der Waals surface area contributed by atoms with Gasteiger partial charge in [0.05, 0.1) is 16.9 Å². The fraction of sp³-hybridized carbons (Fsp3) is 0.0455. The van der Waals surface area contributed by atoms with Crippen LogP contribution in [0.2, 0.25) is 0 Å². The van der Waals surface area contributed by atoms with Crippen LogP contribution < -0.4 is 5.43 Å². The van der Waals surface area contributed by atoms with E-state index in [4.69, 9.17) is 0 Å². The summed E-state index contributed by atoms with van der Waals surface area (Å²) in [7, 11) is 0. The quantitative estimate of drug-likeness (QED) is 0.154. The monoisotopic (exact) mass is 537 g/mol. The number of carbonyl (C=O) groups is 1. The SMILES string of the molecule is O=C(CSc1nnc(-c2ccncc2)n1-c1ccc(Br)cc1)N/N=C/c1ccc([N+](=O)[O-])cc1. The van der Waals surface area contributed by atoms with Crippen LogP contribution in [0.25, 0.3) is 17.1 Å². The molecular weight excluding hydrogens is 522 g/mol. The predicted molar refractivity (Wildman–Crippen MR) is 132 cm³/mol. The van der Waals surface area contributed by atoms with Gasteiger partial charge >= 0.3 is 0 Å². The summed E-state index contributed by atoms with van der Waals surface area (Å²) in [6.07, 6.45) is 4.77. The van der Waals surface area contributed by atoms with E-state index in [1.54, 1.807) is 24.5 Å². The van der Waals surface area contributed by atoms with Crippen molar-refractivity contribution < 1.29 is 9.72 Å². The molecule has 170 valence electrons. The van der Waals surface area contributed by atoms with Crippen molar-refractivity contribution in [1.29, 1.82) is 0 Å². The Hall–Kier alpha value is -3.90. The minimum atomic E-state index is -0.479.